The summed E-state index contributed by atoms with van der Waals surface area (Å²) in [7, 11) is -1.44. The fourth-order valence-corrected chi connectivity index (χ4v) is 6.31. The summed E-state index contributed by atoms with van der Waals surface area (Å²) in [6, 6.07) is 1.68. The van der Waals surface area contributed by atoms with Crippen LogP contribution >= 0.6 is 27.3 Å². The van der Waals surface area contributed by atoms with Crippen molar-refractivity contribution in [1.29, 1.82) is 0 Å². The van der Waals surface area contributed by atoms with E-state index >= 15 is 0 Å². The smallest absolute Gasteiger partial charge is 0.245 e. The van der Waals surface area contributed by atoms with E-state index in [1.165, 1.54) is 11.3 Å². The molecule has 1 aliphatic heterocycles. The molecular weight excluding hydrogens is 362 g/mol. The second-order valence-corrected chi connectivity index (χ2v) is 9.99. The minimum atomic E-state index is -3.46. The van der Waals surface area contributed by atoms with Gasteiger partial charge in [0.2, 0.25) is 10.0 Å². The second-order valence-electron chi connectivity index (χ2n) is 5.63. The highest BCUT2D eigenvalue weighted by atomic mass is 79.9. The molecule has 114 valence electrons. The van der Waals surface area contributed by atoms with Crippen LogP contribution in [0.2, 0.25) is 0 Å². The Morgan fingerprint density at radius 3 is 2.60 bits per heavy atom. The average Bonchev–Trinajstić information content (AvgIpc) is 2.74. The summed E-state index contributed by atoms with van der Waals surface area (Å²) in [6.07, 6.45) is 0. The van der Waals surface area contributed by atoms with E-state index in [9.17, 15) is 8.42 Å². The highest BCUT2D eigenvalue weighted by Crippen LogP contribution is 2.34. The van der Waals surface area contributed by atoms with Crippen molar-refractivity contribution in [2.75, 3.05) is 26.7 Å². The van der Waals surface area contributed by atoms with Gasteiger partial charge in [-0.25, -0.2) is 8.42 Å². The SMILES string of the molecule is CN1CCN(S(=O)(=O)c2cc(CN)sc2Br)CC1(C)C. The standard InChI is InChI=1S/C12H20BrN3O2S2/c1-12(2)8-16(5-4-15(12)3)20(17,18)10-6-9(7-14)19-11(10)13/h6H,4-5,7-8,14H2,1-3H3. The van der Waals surface area contributed by atoms with Crippen LogP contribution in [0.5, 0.6) is 0 Å². The number of sulfonamides is 1. The normalized spacial score (nSPS) is 21.2. The molecule has 0 unspecified atom stereocenters. The maximum absolute atomic E-state index is 12.8. The van der Waals surface area contributed by atoms with Crippen molar-refractivity contribution >= 4 is 37.3 Å². The lowest BCUT2D eigenvalue weighted by Crippen LogP contribution is -2.58. The third-order valence-electron chi connectivity index (χ3n) is 3.81. The van der Waals surface area contributed by atoms with Crippen LogP contribution in [0.3, 0.4) is 0 Å². The van der Waals surface area contributed by atoms with Crippen LogP contribution in [0.1, 0.15) is 18.7 Å². The summed E-state index contributed by atoms with van der Waals surface area (Å²) in [4.78, 5) is 3.39. The fourth-order valence-electron chi connectivity index (χ4n) is 2.21. The maximum Gasteiger partial charge on any atom is 0.245 e. The van der Waals surface area contributed by atoms with Crippen molar-refractivity contribution in [1.82, 2.24) is 9.21 Å². The molecule has 0 radical (unpaired) electrons. The van der Waals surface area contributed by atoms with Crippen LogP contribution < -0.4 is 5.73 Å². The molecule has 0 saturated carbocycles. The summed E-state index contributed by atoms with van der Waals surface area (Å²) >= 11 is 4.73. The van der Waals surface area contributed by atoms with E-state index in [4.69, 9.17) is 5.73 Å². The first kappa shape index (κ1) is 16.4. The van der Waals surface area contributed by atoms with Gasteiger partial charge in [0.05, 0.1) is 3.79 Å². The summed E-state index contributed by atoms with van der Waals surface area (Å²) in [5, 5.41) is 0. The van der Waals surface area contributed by atoms with Crippen molar-refractivity contribution in [3.63, 3.8) is 0 Å². The third-order valence-corrected chi connectivity index (χ3v) is 7.93. The Morgan fingerprint density at radius 2 is 2.10 bits per heavy atom. The Labute approximate surface area is 132 Å². The molecule has 2 heterocycles. The molecule has 0 aromatic carbocycles. The fraction of sp³-hybridized carbons (Fsp3) is 0.667. The molecule has 0 amide bonds. The van der Waals surface area contributed by atoms with Crippen molar-refractivity contribution in [2.45, 2.75) is 30.8 Å². The van der Waals surface area contributed by atoms with Gasteiger partial charge in [0.1, 0.15) is 4.90 Å². The van der Waals surface area contributed by atoms with E-state index in [2.05, 4.69) is 34.7 Å². The lowest BCUT2D eigenvalue weighted by Gasteiger charge is -2.44. The Bertz CT molecular complexity index is 598. The summed E-state index contributed by atoms with van der Waals surface area (Å²) in [6.45, 7) is 6.21. The molecule has 1 aromatic rings. The topological polar surface area (TPSA) is 66.6 Å². The van der Waals surface area contributed by atoms with Crippen molar-refractivity contribution in [3.8, 4) is 0 Å². The molecule has 5 nitrogen and oxygen atoms in total. The van der Waals surface area contributed by atoms with Gasteiger partial charge in [0.25, 0.3) is 0 Å². The number of hydrogen-bond donors (Lipinski definition) is 1. The van der Waals surface area contributed by atoms with Gasteiger partial charge in [-0.3, -0.25) is 4.90 Å². The number of nitrogens with zero attached hydrogens (tertiary/aromatic N) is 2. The Morgan fingerprint density at radius 1 is 1.45 bits per heavy atom. The van der Waals surface area contributed by atoms with E-state index in [1.54, 1.807) is 10.4 Å². The molecule has 2 rings (SSSR count). The number of likely N-dealkylation sites (N-methyl/N-ethyl adjacent to an activating group) is 1. The molecular formula is C12H20BrN3O2S2. The highest BCUT2D eigenvalue weighted by Gasteiger charge is 2.38. The van der Waals surface area contributed by atoms with Crippen molar-refractivity contribution < 1.29 is 8.42 Å². The summed E-state index contributed by atoms with van der Waals surface area (Å²) < 4.78 is 27.8. The quantitative estimate of drug-likeness (QED) is 0.864. The molecule has 1 fully saturated rings. The van der Waals surface area contributed by atoms with Gasteiger partial charge in [0, 0.05) is 36.6 Å². The van der Waals surface area contributed by atoms with E-state index in [-0.39, 0.29) is 5.54 Å². The molecule has 8 heteroatoms. The highest BCUT2D eigenvalue weighted by molar-refractivity contribution is 9.11. The zero-order valence-electron chi connectivity index (χ0n) is 11.9. The maximum atomic E-state index is 12.8. The first-order valence-corrected chi connectivity index (χ1v) is 9.43. The first-order chi connectivity index (χ1) is 9.18. The van der Waals surface area contributed by atoms with Crippen LogP contribution in [-0.2, 0) is 16.6 Å². The Hall–Kier alpha value is 0.01000. The lowest BCUT2D eigenvalue weighted by atomic mass is 10.0. The van der Waals surface area contributed by atoms with E-state index in [0.29, 0.717) is 28.3 Å². The number of halogens is 1. The third kappa shape index (κ3) is 2.95. The van der Waals surface area contributed by atoms with Gasteiger partial charge in [-0.1, -0.05) is 0 Å². The zero-order chi connectivity index (χ0) is 15.1. The summed E-state index contributed by atoms with van der Waals surface area (Å²) in [5.41, 5.74) is 5.43. The van der Waals surface area contributed by atoms with E-state index in [1.807, 2.05) is 7.05 Å². The van der Waals surface area contributed by atoms with Gasteiger partial charge in [-0.15, -0.1) is 11.3 Å². The molecule has 2 N–H and O–H groups in total. The Balaban J connectivity index is 2.33. The monoisotopic (exact) mass is 381 g/mol. The van der Waals surface area contributed by atoms with Gasteiger partial charge in [-0.05, 0) is 42.9 Å². The minimum Gasteiger partial charge on any atom is -0.326 e. The predicted molar refractivity (Wildman–Crippen MR) is 85.4 cm³/mol. The number of rotatable bonds is 3. The van der Waals surface area contributed by atoms with Gasteiger partial charge in [-0.2, -0.15) is 4.31 Å². The zero-order valence-corrected chi connectivity index (χ0v) is 15.1. The lowest BCUT2D eigenvalue weighted by molar-refractivity contribution is 0.0801. The van der Waals surface area contributed by atoms with Crippen LogP contribution in [0.15, 0.2) is 14.7 Å². The molecule has 0 atom stereocenters. The molecule has 1 aromatic heterocycles. The van der Waals surface area contributed by atoms with Crippen LogP contribution in [0.25, 0.3) is 0 Å². The molecule has 20 heavy (non-hydrogen) atoms. The minimum absolute atomic E-state index is 0.162. The Kier molecular flexibility index (Phi) is 4.63. The molecule has 1 saturated heterocycles. The van der Waals surface area contributed by atoms with Crippen LogP contribution in [0.4, 0.5) is 0 Å². The van der Waals surface area contributed by atoms with E-state index < -0.39 is 10.0 Å². The van der Waals surface area contributed by atoms with Gasteiger partial charge in [0.15, 0.2) is 0 Å². The van der Waals surface area contributed by atoms with Crippen LogP contribution in [0, 0.1) is 0 Å². The number of piperazine rings is 1. The van der Waals surface area contributed by atoms with Crippen molar-refractivity contribution in [2.24, 2.45) is 5.73 Å². The molecule has 0 aliphatic carbocycles. The predicted octanol–water partition coefficient (Wildman–Crippen LogP) is 1.68. The van der Waals surface area contributed by atoms with E-state index in [0.717, 1.165) is 11.4 Å². The molecule has 1 aliphatic rings. The molecule has 0 spiro atoms. The molecule has 0 bridgehead atoms. The summed E-state index contributed by atoms with van der Waals surface area (Å²) in [5.74, 6) is 0. The van der Waals surface area contributed by atoms with Gasteiger partial charge < -0.3 is 5.73 Å². The largest absolute Gasteiger partial charge is 0.326 e. The first-order valence-electron chi connectivity index (χ1n) is 6.38. The van der Waals surface area contributed by atoms with Gasteiger partial charge >= 0.3 is 0 Å². The average molecular weight is 382 g/mol. The van der Waals surface area contributed by atoms with Crippen molar-refractivity contribution in [3.05, 3.63) is 14.7 Å². The van der Waals surface area contributed by atoms with Crippen LogP contribution in [-0.4, -0.2) is 49.8 Å². The number of thiophene rings is 1. The second kappa shape index (κ2) is 5.66. The number of hydrogen-bond acceptors (Lipinski definition) is 5. The number of nitrogens with two attached hydrogens (primary N) is 1.